The van der Waals surface area contributed by atoms with Gasteiger partial charge in [0.1, 0.15) is 0 Å². The maximum absolute atomic E-state index is 11.6. The highest BCUT2D eigenvalue weighted by molar-refractivity contribution is 5.11. The lowest BCUT2D eigenvalue weighted by Crippen LogP contribution is -2.12. The fraction of sp³-hybridized carbons (Fsp3) is 0.200. The molecule has 0 aromatic heterocycles. The van der Waals surface area contributed by atoms with E-state index in [2.05, 4.69) is 0 Å². The first-order valence-corrected chi connectivity index (χ1v) is 2.02. The maximum Gasteiger partial charge on any atom is 0.323 e. The predicted octanol–water partition coefficient (Wildman–Crippen LogP) is 2.57. The molecule has 0 aromatic carbocycles. The minimum Gasteiger partial charge on any atom is -0.199 e. The van der Waals surface area contributed by atoms with Crippen LogP contribution in [0.2, 0.25) is 0 Å². The lowest BCUT2D eigenvalue weighted by Gasteiger charge is -2.05. The van der Waals surface area contributed by atoms with E-state index in [4.69, 9.17) is 6.58 Å². The van der Waals surface area contributed by atoms with Crippen LogP contribution in [0.25, 0.3) is 0 Å². The van der Waals surface area contributed by atoms with E-state index in [1.807, 2.05) is 0 Å². The molecular formula is C5HF5. The molecule has 0 aliphatic carbocycles. The molecule has 0 bridgehead atoms. The van der Waals surface area contributed by atoms with Gasteiger partial charge in [-0.3, -0.25) is 0 Å². The van der Waals surface area contributed by atoms with Crippen LogP contribution in [0, 0.1) is 6.58 Å². The van der Waals surface area contributed by atoms with E-state index in [0.717, 1.165) is 0 Å². The van der Waals surface area contributed by atoms with Crippen LogP contribution in [0.4, 0.5) is 22.0 Å². The van der Waals surface area contributed by atoms with Crippen LogP contribution in [0.1, 0.15) is 0 Å². The van der Waals surface area contributed by atoms with Gasteiger partial charge in [-0.1, -0.05) is 0 Å². The van der Waals surface area contributed by atoms with Crippen molar-refractivity contribution >= 4 is 0 Å². The molecule has 0 unspecified atom stereocenters. The van der Waals surface area contributed by atoms with Gasteiger partial charge in [0.15, 0.2) is 0 Å². The number of hydrogen-bond acceptors (Lipinski definition) is 0. The molecular weight excluding hydrogens is 155 g/mol. The zero-order chi connectivity index (χ0) is 8.36. The molecule has 10 heavy (non-hydrogen) atoms. The van der Waals surface area contributed by atoms with Crippen molar-refractivity contribution in [3.63, 3.8) is 0 Å². The summed E-state index contributed by atoms with van der Waals surface area (Å²) in [5, 5.41) is 0. The molecule has 0 heterocycles. The second-order valence-electron chi connectivity index (χ2n) is 1.34. The topological polar surface area (TPSA) is 0 Å². The van der Waals surface area contributed by atoms with Crippen molar-refractivity contribution in [3.05, 3.63) is 24.6 Å². The molecule has 0 aliphatic rings. The summed E-state index contributed by atoms with van der Waals surface area (Å²) >= 11 is 0. The molecule has 0 fully saturated rings. The van der Waals surface area contributed by atoms with Crippen molar-refractivity contribution in [1.29, 1.82) is 0 Å². The first-order valence-electron chi connectivity index (χ1n) is 2.02. The first kappa shape index (κ1) is 9.13. The minimum absolute atomic E-state index is 0.693. The molecule has 0 rings (SSSR count). The average Bonchev–Trinajstić information content (AvgIpc) is 1.86. The molecule has 0 amide bonds. The molecule has 0 N–H and O–H groups in total. The highest BCUT2D eigenvalue weighted by Crippen LogP contribution is 2.29. The van der Waals surface area contributed by atoms with E-state index in [1.54, 1.807) is 0 Å². The van der Waals surface area contributed by atoms with Gasteiger partial charge in [0.2, 0.25) is 5.83 Å². The summed E-state index contributed by atoms with van der Waals surface area (Å²) in [6.45, 7) is 5.85. The molecule has 5 heteroatoms. The van der Waals surface area contributed by atoms with Crippen LogP contribution < -0.4 is 0 Å². The van der Waals surface area contributed by atoms with Crippen LogP contribution in [-0.4, -0.2) is 5.92 Å². The Morgan fingerprint density at radius 3 is 1.70 bits per heavy atom. The van der Waals surface area contributed by atoms with Gasteiger partial charge in [0.05, 0.1) is 0 Å². The third-order valence-corrected chi connectivity index (χ3v) is 0.640. The fourth-order valence-corrected chi connectivity index (χ4v) is 0.189. The summed E-state index contributed by atoms with van der Waals surface area (Å²) < 4.78 is 56.9. The molecule has 0 nitrogen and oxygen atoms in total. The normalized spacial score (nSPS) is 10.9. The molecule has 56 valence electrons. The smallest absolute Gasteiger partial charge is 0.199 e. The number of halogens is 5. The lowest BCUT2D eigenvalue weighted by molar-refractivity contribution is 0.0612. The standard InChI is InChI=1S/C5HF5/c1-2-5(9,10)3(6)4(7)8/h2H. The molecule has 0 aromatic rings. The molecule has 0 atom stereocenters. The predicted molar refractivity (Wildman–Crippen MR) is 23.1 cm³/mol. The Bertz CT molecular complexity index is 165. The van der Waals surface area contributed by atoms with Gasteiger partial charge < -0.3 is 0 Å². The fourth-order valence-electron chi connectivity index (χ4n) is 0.189. The number of alkyl halides is 2. The quantitative estimate of drug-likeness (QED) is 0.539. The van der Waals surface area contributed by atoms with Gasteiger partial charge >= 0.3 is 12.0 Å². The average molecular weight is 156 g/mol. The van der Waals surface area contributed by atoms with E-state index in [1.165, 1.54) is 0 Å². The molecule has 0 aliphatic heterocycles. The molecule has 2 radical (unpaired) electrons. The Morgan fingerprint density at radius 1 is 1.20 bits per heavy atom. The van der Waals surface area contributed by atoms with Crippen molar-refractivity contribution in [1.82, 2.24) is 0 Å². The summed E-state index contributed by atoms with van der Waals surface area (Å²) in [6, 6.07) is 0. The van der Waals surface area contributed by atoms with Gasteiger partial charge in [0.25, 0.3) is 0 Å². The summed E-state index contributed by atoms with van der Waals surface area (Å²) in [4.78, 5) is 0. The number of hydrogen-bond donors (Lipinski definition) is 0. The minimum atomic E-state index is -4.47. The van der Waals surface area contributed by atoms with Crippen molar-refractivity contribution < 1.29 is 22.0 Å². The van der Waals surface area contributed by atoms with Gasteiger partial charge in [-0.25, -0.2) is 0 Å². The number of allylic oxidation sites excluding steroid dienone is 2. The third kappa shape index (κ3) is 1.82. The number of rotatable bonds is 2. The highest BCUT2D eigenvalue weighted by Gasteiger charge is 2.35. The SMILES string of the molecule is [C]=CC(F)(F)C(F)=C(F)F. The second kappa shape index (κ2) is 2.81. The van der Waals surface area contributed by atoms with E-state index in [-0.39, 0.29) is 0 Å². The molecule has 0 spiro atoms. The molecule has 0 saturated heterocycles. The van der Waals surface area contributed by atoms with Gasteiger partial charge in [0, 0.05) is 6.08 Å². The van der Waals surface area contributed by atoms with Gasteiger partial charge in [-0.15, -0.1) is 0 Å². The summed E-state index contributed by atoms with van der Waals surface area (Å²) in [5.41, 5.74) is 0. The Hall–Kier alpha value is -0.870. The summed E-state index contributed by atoms with van der Waals surface area (Å²) in [5.74, 6) is -7.35. The van der Waals surface area contributed by atoms with Crippen LogP contribution in [-0.2, 0) is 0 Å². The van der Waals surface area contributed by atoms with Crippen molar-refractivity contribution in [3.8, 4) is 0 Å². The van der Waals surface area contributed by atoms with Crippen molar-refractivity contribution in [2.75, 3.05) is 0 Å². The van der Waals surface area contributed by atoms with Crippen LogP contribution in [0.5, 0.6) is 0 Å². The van der Waals surface area contributed by atoms with Crippen LogP contribution in [0.15, 0.2) is 18.0 Å². The monoisotopic (exact) mass is 156 g/mol. The zero-order valence-corrected chi connectivity index (χ0v) is 4.47. The van der Waals surface area contributed by atoms with E-state index < -0.39 is 23.9 Å². The largest absolute Gasteiger partial charge is 0.323 e. The first-order chi connectivity index (χ1) is 4.41. The van der Waals surface area contributed by atoms with E-state index >= 15 is 0 Å². The Labute approximate surface area is 53.6 Å². The Kier molecular flexibility index (Phi) is 2.56. The zero-order valence-electron chi connectivity index (χ0n) is 4.47. The van der Waals surface area contributed by atoms with Crippen LogP contribution in [0.3, 0.4) is 0 Å². The van der Waals surface area contributed by atoms with E-state index in [0.29, 0.717) is 0 Å². The lowest BCUT2D eigenvalue weighted by atomic mass is 10.3. The van der Waals surface area contributed by atoms with Gasteiger partial charge in [-0.05, 0) is 6.58 Å². The van der Waals surface area contributed by atoms with Crippen molar-refractivity contribution in [2.24, 2.45) is 0 Å². The summed E-state index contributed by atoms with van der Waals surface area (Å²) in [7, 11) is 0. The Morgan fingerprint density at radius 2 is 1.60 bits per heavy atom. The third-order valence-electron chi connectivity index (χ3n) is 0.640. The maximum atomic E-state index is 11.6. The van der Waals surface area contributed by atoms with Gasteiger partial charge in [-0.2, -0.15) is 22.0 Å². The highest BCUT2D eigenvalue weighted by atomic mass is 19.3. The summed E-state index contributed by atoms with van der Waals surface area (Å²) in [6.07, 6.45) is -3.80. The molecule has 0 saturated carbocycles. The van der Waals surface area contributed by atoms with Crippen LogP contribution >= 0.6 is 0 Å². The van der Waals surface area contributed by atoms with E-state index in [9.17, 15) is 22.0 Å². The Balaban J connectivity index is 4.65. The van der Waals surface area contributed by atoms with Crippen molar-refractivity contribution in [2.45, 2.75) is 5.92 Å². The second-order valence-corrected chi connectivity index (χ2v) is 1.34.